The number of aliphatic carboxylic acids is 1. The van der Waals surface area contributed by atoms with Gasteiger partial charge in [0, 0.05) is 19.0 Å². The largest absolute Gasteiger partial charge is 0.481 e. The Morgan fingerprint density at radius 3 is 1.70 bits per heavy atom. The van der Waals surface area contributed by atoms with Crippen LogP contribution < -0.4 is 0 Å². The Morgan fingerprint density at radius 2 is 1.35 bits per heavy atom. The fourth-order valence-corrected chi connectivity index (χ4v) is 2.15. The van der Waals surface area contributed by atoms with Gasteiger partial charge in [-0.1, -0.05) is 53.4 Å². The van der Waals surface area contributed by atoms with Gasteiger partial charge in [0.2, 0.25) is 5.91 Å². The van der Waals surface area contributed by atoms with Crippen LogP contribution in [0.15, 0.2) is 0 Å². The van der Waals surface area contributed by atoms with Crippen LogP contribution in [0.1, 0.15) is 66.2 Å². The molecule has 0 aromatic carbocycles. The molecule has 0 bridgehead atoms. The van der Waals surface area contributed by atoms with E-state index in [0.717, 1.165) is 51.6 Å². The van der Waals surface area contributed by atoms with Crippen LogP contribution in [0.2, 0.25) is 0 Å². The molecule has 0 fully saturated rings. The van der Waals surface area contributed by atoms with Crippen LogP contribution in [0.3, 0.4) is 0 Å². The van der Waals surface area contributed by atoms with E-state index in [1.165, 1.54) is 0 Å². The summed E-state index contributed by atoms with van der Waals surface area (Å²) in [4.78, 5) is 25.3. The summed E-state index contributed by atoms with van der Waals surface area (Å²) in [7, 11) is 0. The minimum absolute atomic E-state index is 0.00731. The van der Waals surface area contributed by atoms with Crippen molar-refractivity contribution in [3.05, 3.63) is 0 Å². The molecule has 0 spiro atoms. The summed E-state index contributed by atoms with van der Waals surface area (Å²) < 4.78 is 0. The Balaban J connectivity index is 4.54. The van der Waals surface area contributed by atoms with Crippen molar-refractivity contribution < 1.29 is 14.7 Å². The van der Waals surface area contributed by atoms with Crippen LogP contribution in [0.4, 0.5) is 0 Å². The highest BCUT2D eigenvalue weighted by Gasteiger charge is 2.28. The zero-order valence-corrected chi connectivity index (χ0v) is 13.5. The maximum atomic E-state index is 12.4. The molecular weight excluding hydrogens is 254 g/mol. The predicted molar refractivity (Wildman–Crippen MR) is 81.6 cm³/mol. The van der Waals surface area contributed by atoms with Crippen LogP contribution in [0, 0.1) is 11.8 Å². The molecule has 0 saturated carbocycles. The lowest BCUT2D eigenvalue weighted by molar-refractivity contribution is -0.149. The van der Waals surface area contributed by atoms with Crippen molar-refractivity contribution in [1.82, 2.24) is 4.90 Å². The van der Waals surface area contributed by atoms with Crippen LogP contribution in [0.25, 0.3) is 0 Å². The molecule has 0 saturated heterocycles. The number of carbonyl (C=O) groups is 2. The molecule has 1 amide bonds. The molecule has 0 aliphatic heterocycles. The van der Waals surface area contributed by atoms with Crippen molar-refractivity contribution in [2.75, 3.05) is 13.1 Å². The van der Waals surface area contributed by atoms with Gasteiger partial charge in [-0.25, -0.2) is 0 Å². The zero-order valence-electron chi connectivity index (χ0n) is 13.5. The SMILES string of the molecule is CCCCCN(CCCCC)C(=O)C(C)C(C)C(=O)O. The van der Waals surface area contributed by atoms with E-state index in [9.17, 15) is 9.59 Å². The number of rotatable bonds is 11. The fourth-order valence-electron chi connectivity index (χ4n) is 2.15. The summed E-state index contributed by atoms with van der Waals surface area (Å²) in [6, 6.07) is 0. The second-order valence-corrected chi connectivity index (χ2v) is 5.66. The van der Waals surface area contributed by atoms with Gasteiger partial charge in [0.05, 0.1) is 5.92 Å². The molecule has 1 N–H and O–H groups in total. The zero-order chi connectivity index (χ0) is 15.5. The van der Waals surface area contributed by atoms with Gasteiger partial charge in [-0.2, -0.15) is 0 Å². The quantitative estimate of drug-likeness (QED) is 0.591. The summed E-state index contributed by atoms with van der Waals surface area (Å²) in [5.74, 6) is -1.97. The van der Waals surface area contributed by atoms with E-state index in [1.54, 1.807) is 13.8 Å². The molecule has 0 aliphatic carbocycles. The van der Waals surface area contributed by atoms with Gasteiger partial charge in [-0.3, -0.25) is 9.59 Å². The predicted octanol–water partition coefficient (Wildman–Crippen LogP) is 3.55. The van der Waals surface area contributed by atoms with E-state index >= 15 is 0 Å². The van der Waals surface area contributed by atoms with E-state index in [0.29, 0.717) is 0 Å². The number of carbonyl (C=O) groups excluding carboxylic acids is 1. The minimum atomic E-state index is -0.895. The van der Waals surface area contributed by atoms with E-state index in [-0.39, 0.29) is 5.91 Å². The molecule has 0 aromatic rings. The smallest absolute Gasteiger partial charge is 0.307 e. The molecule has 118 valence electrons. The maximum Gasteiger partial charge on any atom is 0.307 e. The number of amides is 1. The van der Waals surface area contributed by atoms with Crippen LogP contribution in [-0.2, 0) is 9.59 Å². The first-order valence-electron chi connectivity index (χ1n) is 7.97. The van der Waals surface area contributed by atoms with Gasteiger partial charge >= 0.3 is 5.97 Å². The molecule has 0 rings (SSSR count). The summed E-state index contributed by atoms with van der Waals surface area (Å²) >= 11 is 0. The average molecular weight is 285 g/mol. The van der Waals surface area contributed by atoms with Gasteiger partial charge in [-0.05, 0) is 12.8 Å². The van der Waals surface area contributed by atoms with Crippen molar-refractivity contribution in [2.24, 2.45) is 11.8 Å². The van der Waals surface area contributed by atoms with E-state index < -0.39 is 17.8 Å². The topological polar surface area (TPSA) is 57.6 Å². The lowest BCUT2D eigenvalue weighted by Gasteiger charge is -2.27. The first-order chi connectivity index (χ1) is 9.45. The molecule has 20 heavy (non-hydrogen) atoms. The van der Waals surface area contributed by atoms with Crippen LogP contribution >= 0.6 is 0 Å². The number of hydrogen-bond donors (Lipinski definition) is 1. The van der Waals surface area contributed by atoms with Crippen molar-refractivity contribution in [1.29, 1.82) is 0 Å². The van der Waals surface area contributed by atoms with Crippen molar-refractivity contribution in [3.8, 4) is 0 Å². The number of nitrogens with zero attached hydrogens (tertiary/aromatic N) is 1. The fraction of sp³-hybridized carbons (Fsp3) is 0.875. The Bertz CT molecular complexity index is 281. The lowest BCUT2D eigenvalue weighted by atomic mass is 9.94. The summed E-state index contributed by atoms with van der Waals surface area (Å²) in [5.41, 5.74) is 0. The van der Waals surface area contributed by atoms with Gasteiger partial charge < -0.3 is 10.0 Å². The van der Waals surface area contributed by atoms with Crippen LogP contribution in [-0.4, -0.2) is 35.0 Å². The van der Waals surface area contributed by atoms with Crippen molar-refractivity contribution >= 4 is 11.9 Å². The molecular formula is C16H31NO3. The Hall–Kier alpha value is -1.06. The first kappa shape index (κ1) is 18.9. The lowest BCUT2D eigenvalue weighted by Crippen LogP contribution is -2.40. The number of unbranched alkanes of at least 4 members (excludes halogenated alkanes) is 4. The third-order valence-corrected chi connectivity index (χ3v) is 3.90. The van der Waals surface area contributed by atoms with E-state index in [1.807, 2.05) is 4.90 Å². The highest BCUT2D eigenvalue weighted by Crippen LogP contribution is 2.16. The summed E-state index contributed by atoms with van der Waals surface area (Å²) in [5, 5.41) is 9.04. The van der Waals surface area contributed by atoms with Gasteiger partial charge in [0.15, 0.2) is 0 Å². The maximum absolute atomic E-state index is 12.4. The number of carboxylic acids is 1. The van der Waals surface area contributed by atoms with E-state index in [2.05, 4.69) is 13.8 Å². The Morgan fingerprint density at radius 1 is 0.900 bits per heavy atom. The highest BCUT2D eigenvalue weighted by molar-refractivity contribution is 5.84. The monoisotopic (exact) mass is 285 g/mol. The summed E-state index contributed by atoms with van der Waals surface area (Å²) in [6.45, 7) is 9.13. The number of carboxylic acid groups (broad SMARTS) is 1. The van der Waals surface area contributed by atoms with Crippen LogP contribution in [0.5, 0.6) is 0 Å². The average Bonchev–Trinajstić information content (AvgIpc) is 2.43. The van der Waals surface area contributed by atoms with Crippen molar-refractivity contribution in [2.45, 2.75) is 66.2 Å². The normalized spacial score (nSPS) is 13.8. The molecule has 0 heterocycles. The van der Waals surface area contributed by atoms with Gasteiger partial charge in [0.1, 0.15) is 0 Å². The third-order valence-electron chi connectivity index (χ3n) is 3.90. The second-order valence-electron chi connectivity index (χ2n) is 5.66. The van der Waals surface area contributed by atoms with E-state index in [4.69, 9.17) is 5.11 Å². The van der Waals surface area contributed by atoms with Crippen molar-refractivity contribution in [3.63, 3.8) is 0 Å². The second kappa shape index (κ2) is 10.7. The molecule has 0 aromatic heterocycles. The molecule has 2 unspecified atom stereocenters. The molecule has 4 heteroatoms. The minimum Gasteiger partial charge on any atom is -0.481 e. The summed E-state index contributed by atoms with van der Waals surface area (Å²) in [6.07, 6.45) is 6.47. The standard InChI is InChI=1S/C16H31NO3/c1-5-7-9-11-17(12-10-8-6-2)15(18)13(3)14(4)16(19)20/h13-14H,5-12H2,1-4H3,(H,19,20). The molecule has 4 nitrogen and oxygen atoms in total. The molecule has 2 atom stereocenters. The third kappa shape index (κ3) is 6.92. The highest BCUT2D eigenvalue weighted by atomic mass is 16.4. The molecule has 0 aliphatic rings. The Labute approximate surface area is 123 Å². The molecule has 0 radical (unpaired) electrons. The van der Waals surface area contributed by atoms with Gasteiger partial charge in [-0.15, -0.1) is 0 Å². The Kier molecular flexibility index (Phi) is 10.1. The number of hydrogen-bond acceptors (Lipinski definition) is 2. The first-order valence-corrected chi connectivity index (χ1v) is 7.97. The van der Waals surface area contributed by atoms with Gasteiger partial charge in [0.25, 0.3) is 0 Å².